The predicted molar refractivity (Wildman–Crippen MR) is 103 cm³/mol. The van der Waals surface area contributed by atoms with Crippen molar-refractivity contribution >= 4 is 29.0 Å². The lowest BCUT2D eigenvalue weighted by atomic mass is 10.1. The number of carbonyl (C=O) groups is 1. The third kappa shape index (κ3) is 5.47. The molecule has 0 aromatic heterocycles. The summed E-state index contributed by atoms with van der Waals surface area (Å²) >= 11 is 0.743. The monoisotopic (exact) mass is 443 g/mol. The Morgan fingerprint density at radius 3 is 2.37 bits per heavy atom. The first kappa shape index (κ1) is 23.1. The number of nitrogens with zero attached hydrogens (tertiary/aromatic N) is 3. The van der Waals surface area contributed by atoms with Gasteiger partial charge in [-0.2, -0.15) is 13.2 Å². The molecule has 0 fully saturated rings. The molecule has 0 radical (unpaired) electrons. The van der Waals surface area contributed by atoms with Gasteiger partial charge in [0, 0.05) is 25.2 Å². The van der Waals surface area contributed by atoms with Crippen molar-refractivity contribution in [1.82, 2.24) is 4.90 Å². The molecule has 1 atom stereocenters. The van der Waals surface area contributed by atoms with Crippen LogP contribution in [0.2, 0.25) is 0 Å². The fraction of sp³-hybridized carbons (Fsp3) is 0.278. The first-order valence-electron chi connectivity index (χ1n) is 8.40. The number of carbonyl (C=O) groups excluding carboxylic acids is 1. The van der Waals surface area contributed by atoms with Crippen molar-refractivity contribution in [2.24, 2.45) is 0 Å². The van der Waals surface area contributed by atoms with E-state index in [1.54, 1.807) is 13.0 Å². The SMILES string of the molecule is CC(c1cccc([N+](=O)[O-])c1)N(C)C(=O)CSc1ccc(C(F)(F)F)cc1[N+](=O)[O-]. The topological polar surface area (TPSA) is 107 Å². The van der Waals surface area contributed by atoms with Gasteiger partial charge in [-0.1, -0.05) is 12.1 Å². The first-order valence-corrected chi connectivity index (χ1v) is 9.38. The van der Waals surface area contributed by atoms with Gasteiger partial charge in [-0.05, 0) is 24.6 Å². The van der Waals surface area contributed by atoms with Crippen molar-refractivity contribution in [1.29, 1.82) is 0 Å². The maximum atomic E-state index is 12.8. The molecule has 0 aliphatic carbocycles. The van der Waals surface area contributed by atoms with Crippen LogP contribution in [0.25, 0.3) is 0 Å². The average Bonchev–Trinajstić information content (AvgIpc) is 2.69. The van der Waals surface area contributed by atoms with Gasteiger partial charge in [0.25, 0.3) is 11.4 Å². The fourth-order valence-corrected chi connectivity index (χ4v) is 3.47. The van der Waals surface area contributed by atoms with E-state index in [2.05, 4.69) is 0 Å². The molecule has 30 heavy (non-hydrogen) atoms. The van der Waals surface area contributed by atoms with Crippen LogP contribution < -0.4 is 0 Å². The van der Waals surface area contributed by atoms with Crippen LogP contribution in [0.5, 0.6) is 0 Å². The van der Waals surface area contributed by atoms with Crippen LogP contribution in [-0.4, -0.2) is 33.5 Å². The number of benzene rings is 2. The molecule has 0 spiro atoms. The summed E-state index contributed by atoms with van der Waals surface area (Å²) in [6.45, 7) is 1.65. The van der Waals surface area contributed by atoms with Gasteiger partial charge in [-0.15, -0.1) is 11.8 Å². The van der Waals surface area contributed by atoms with Crippen molar-refractivity contribution in [2.45, 2.75) is 24.0 Å². The highest BCUT2D eigenvalue weighted by Crippen LogP contribution is 2.36. The number of nitro groups is 2. The third-order valence-corrected chi connectivity index (χ3v) is 5.42. The normalized spacial score (nSPS) is 12.3. The number of halogens is 3. The van der Waals surface area contributed by atoms with Gasteiger partial charge in [0.2, 0.25) is 5.91 Å². The molecule has 2 rings (SSSR count). The summed E-state index contributed by atoms with van der Waals surface area (Å²) in [7, 11) is 1.47. The second kappa shape index (κ2) is 9.11. The zero-order valence-corrected chi connectivity index (χ0v) is 16.6. The Balaban J connectivity index is 2.14. The van der Waals surface area contributed by atoms with E-state index in [-0.39, 0.29) is 16.3 Å². The summed E-state index contributed by atoms with van der Waals surface area (Å²) in [5.41, 5.74) is -1.50. The second-order valence-electron chi connectivity index (χ2n) is 6.26. The van der Waals surface area contributed by atoms with Crippen LogP contribution in [0.3, 0.4) is 0 Å². The maximum Gasteiger partial charge on any atom is 0.416 e. The molecule has 12 heteroatoms. The van der Waals surface area contributed by atoms with Crippen LogP contribution >= 0.6 is 11.8 Å². The number of alkyl halides is 3. The Kier molecular flexibility index (Phi) is 7.03. The van der Waals surface area contributed by atoms with E-state index in [0.29, 0.717) is 11.6 Å². The molecule has 1 unspecified atom stereocenters. The lowest BCUT2D eigenvalue weighted by Gasteiger charge is -2.25. The Hall–Kier alpha value is -3.15. The molecule has 0 aliphatic rings. The van der Waals surface area contributed by atoms with Crippen molar-refractivity contribution in [3.05, 3.63) is 73.8 Å². The van der Waals surface area contributed by atoms with E-state index in [1.807, 2.05) is 0 Å². The number of amides is 1. The fourth-order valence-electron chi connectivity index (χ4n) is 2.54. The first-order chi connectivity index (χ1) is 13.9. The van der Waals surface area contributed by atoms with E-state index < -0.39 is 39.2 Å². The molecule has 160 valence electrons. The lowest BCUT2D eigenvalue weighted by molar-refractivity contribution is -0.388. The average molecular weight is 443 g/mol. The van der Waals surface area contributed by atoms with E-state index in [1.165, 1.54) is 30.1 Å². The summed E-state index contributed by atoms with van der Waals surface area (Å²) in [5, 5.41) is 22.0. The number of rotatable bonds is 7. The Labute approximate surface area is 173 Å². The van der Waals surface area contributed by atoms with Crippen LogP contribution in [0.1, 0.15) is 24.1 Å². The highest BCUT2D eigenvalue weighted by Gasteiger charge is 2.33. The van der Waals surface area contributed by atoms with E-state index in [4.69, 9.17) is 0 Å². The Morgan fingerprint density at radius 1 is 1.13 bits per heavy atom. The molecule has 0 saturated carbocycles. The zero-order chi connectivity index (χ0) is 22.6. The van der Waals surface area contributed by atoms with Gasteiger partial charge >= 0.3 is 6.18 Å². The molecule has 2 aromatic carbocycles. The van der Waals surface area contributed by atoms with E-state index in [0.717, 1.165) is 23.9 Å². The minimum atomic E-state index is -4.72. The molecule has 0 bridgehead atoms. The second-order valence-corrected chi connectivity index (χ2v) is 7.28. The van der Waals surface area contributed by atoms with Crippen LogP contribution in [0, 0.1) is 20.2 Å². The van der Waals surface area contributed by atoms with Crippen molar-refractivity contribution in [2.75, 3.05) is 12.8 Å². The molecule has 8 nitrogen and oxygen atoms in total. The molecule has 0 saturated heterocycles. The summed E-state index contributed by atoms with van der Waals surface area (Å²) in [6.07, 6.45) is -4.72. The highest BCUT2D eigenvalue weighted by molar-refractivity contribution is 8.00. The van der Waals surface area contributed by atoms with Gasteiger partial charge in [-0.3, -0.25) is 25.0 Å². The molecule has 2 aromatic rings. The third-order valence-electron chi connectivity index (χ3n) is 4.37. The molecular weight excluding hydrogens is 427 g/mol. The summed E-state index contributed by atoms with van der Waals surface area (Å²) in [4.78, 5) is 34.3. The van der Waals surface area contributed by atoms with Gasteiger partial charge in [-0.25, -0.2) is 0 Å². The number of nitro benzene ring substituents is 2. The van der Waals surface area contributed by atoms with Crippen LogP contribution in [-0.2, 0) is 11.0 Å². The van der Waals surface area contributed by atoms with E-state index >= 15 is 0 Å². The lowest BCUT2D eigenvalue weighted by Crippen LogP contribution is -2.31. The summed E-state index contributed by atoms with van der Waals surface area (Å²) < 4.78 is 38.3. The Morgan fingerprint density at radius 2 is 1.80 bits per heavy atom. The van der Waals surface area contributed by atoms with E-state index in [9.17, 15) is 38.2 Å². The van der Waals surface area contributed by atoms with Gasteiger partial charge in [0.1, 0.15) is 0 Å². The molecule has 0 aliphatic heterocycles. The Bertz CT molecular complexity index is 984. The maximum absolute atomic E-state index is 12.8. The number of hydrogen-bond donors (Lipinski definition) is 0. The van der Waals surface area contributed by atoms with Crippen LogP contribution in [0.15, 0.2) is 47.4 Å². The predicted octanol–water partition coefficient (Wildman–Crippen LogP) is 4.83. The van der Waals surface area contributed by atoms with Crippen molar-refractivity contribution in [3.63, 3.8) is 0 Å². The number of thioether (sulfide) groups is 1. The standard InChI is InChI=1S/C18H16F3N3O5S/c1-11(12-4-3-5-14(8-12)23(26)27)22(2)17(25)10-30-16-7-6-13(18(19,20)21)9-15(16)24(28)29/h3-9,11H,10H2,1-2H3. The summed E-state index contributed by atoms with van der Waals surface area (Å²) in [5.74, 6) is -0.713. The molecule has 1 amide bonds. The van der Waals surface area contributed by atoms with Crippen molar-refractivity contribution in [3.8, 4) is 0 Å². The molecule has 0 heterocycles. The largest absolute Gasteiger partial charge is 0.416 e. The quantitative estimate of drug-likeness (QED) is 0.345. The van der Waals surface area contributed by atoms with Crippen molar-refractivity contribution < 1.29 is 27.8 Å². The molecular formula is C18H16F3N3O5S. The molecule has 0 N–H and O–H groups in total. The highest BCUT2D eigenvalue weighted by atomic mass is 32.2. The smallest absolute Gasteiger partial charge is 0.338 e. The van der Waals surface area contributed by atoms with Gasteiger partial charge in [0.15, 0.2) is 0 Å². The summed E-state index contributed by atoms with van der Waals surface area (Å²) in [6, 6.07) is 7.35. The zero-order valence-electron chi connectivity index (χ0n) is 15.8. The minimum absolute atomic E-state index is 0.0715. The number of hydrogen-bond acceptors (Lipinski definition) is 6. The minimum Gasteiger partial charge on any atom is -0.338 e. The van der Waals surface area contributed by atoms with Crippen LogP contribution in [0.4, 0.5) is 24.5 Å². The number of non-ortho nitro benzene ring substituents is 1. The van der Waals surface area contributed by atoms with Gasteiger partial charge in [0.05, 0.1) is 32.1 Å². The van der Waals surface area contributed by atoms with Gasteiger partial charge < -0.3 is 4.90 Å².